The zero-order valence-electron chi connectivity index (χ0n) is 8.53. The van der Waals surface area contributed by atoms with Crippen molar-refractivity contribution in [1.82, 2.24) is 0 Å². The van der Waals surface area contributed by atoms with Crippen LogP contribution in [0.4, 0.5) is 11.4 Å². The minimum atomic E-state index is 0.791. The first-order chi connectivity index (χ1) is 7.58. The van der Waals surface area contributed by atoms with Crippen molar-refractivity contribution in [3.63, 3.8) is 0 Å². The second-order valence-corrected chi connectivity index (χ2v) is 4.94. The van der Waals surface area contributed by atoms with Crippen LogP contribution in [0.15, 0.2) is 57.5 Å². The summed E-state index contributed by atoms with van der Waals surface area (Å²) in [5, 5.41) is 0. The molecule has 2 aromatic carbocycles. The minimum Gasteiger partial charge on any atom is -0.399 e. The molecule has 2 rings (SSSR count). The lowest BCUT2D eigenvalue weighted by molar-refractivity contribution is 1.64. The molecule has 0 saturated heterocycles. The molecule has 2 nitrogen and oxygen atoms in total. The molecule has 0 heterocycles. The molecular formula is C12H12Br2N2. The average molecular weight is 344 g/mol. The summed E-state index contributed by atoms with van der Waals surface area (Å²) < 4.78 is 2.09. The number of nitrogen functional groups attached to an aromatic ring is 2. The molecule has 0 aliphatic rings. The van der Waals surface area contributed by atoms with Gasteiger partial charge in [-0.1, -0.05) is 37.9 Å². The molecule has 0 saturated carbocycles. The number of benzene rings is 2. The monoisotopic (exact) mass is 342 g/mol. The summed E-state index contributed by atoms with van der Waals surface area (Å²) in [6, 6.07) is 15.1. The van der Waals surface area contributed by atoms with Gasteiger partial charge in [0.2, 0.25) is 0 Å². The molecule has 0 aliphatic heterocycles. The van der Waals surface area contributed by atoms with Gasteiger partial charge in [0.15, 0.2) is 0 Å². The van der Waals surface area contributed by atoms with Crippen LogP contribution in [-0.4, -0.2) is 0 Å². The Bertz CT molecular complexity index is 403. The highest BCUT2D eigenvalue weighted by atomic mass is 79.9. The third kappa shape index (κ3) is 5.19. The Morgan fingerprint density at radius 3 is 1.69 bits per heavy atom. The van der Waals surface area contributed by atoms with E-state index in [0.29, 0.717) is 0 Å². The molecule has 0 radical (unpaired) electrons. The highest BCUT2D eigenvalue weighted by Crippen LogP contribution is 2.12. The lowest BCUT2D eigenvalue weighted by Crippen LogP contribution is -1.80. The van der Waals surface area contributed by atoms with Crippen molar-refractivity contribution in [2.45, 2.75) is 0 Å². The molecule has 84 valence electrons. The largest absolute Gasteiger partial charge is 0.399 e. The van der Waals surface area contributed by atoms with Gasteiger partial charge in [0.25, 0.3) is 0 Å². The maximum Gasteiger partial charge on any atom is 0.0325 e. The van der Waals surface area contributed by atoms with E-state index in [0.717, 1.165) is 20.3 Å². The molecule has 0 amide bonds. The van der Waals surface area contributed by atoms with Crippen molar-refractivity contribution in [3.05, 3.63) is 57.5 Å². The van der Waals surface area contributed by atoms with Gasteiger partial charge in [0.1, 0.15) is 0 Å². The van der Waals surface area contributed by atoms with Crippen molar-refractivity contribution < 1.29 is 0 Å². The number of hydrogen-bond acceptors (Lipinski definition) is 2. The van der Waals surface area contributed by atoms with Crippen molar-refractivity contribution >= 4 is 43.2 Å². The summed E-state index contributed by atoms with van der Waals surface area (Å²) in [6.07, 6.45) is 0. The Hall–Kier alpha value is -1.00. The molecule has 0 spiro atoms. The van der Waals surface area contributed by atoms with Crippen LogP contribution in [0.5, 0.6) is 0 Å². The van der Waals surface area contributed by atoms with E-state index in [1.54, 1.807) is 0 Å². The Morgan fingerprint density at radius 2 is 1.31 bits per heavy atom. The molecule has 0 unspecified atom stereocenters. The first kappa shape index (κ1) is 13.1. The topological polar surface area (TPSA) is 52.0 Å². The van der Waals surface area contributed by atoms with Crippen LogP contribution in [0.3, 0.4) is 0 Å². The fourth-order valence-electron chi connectivity index (χ4n) is 0.969. The average Bonchev–Trinajstić information content (AvgIpc) is 2.23. The number of hydrogen-bond donors (Lipinski definition) is 2. The van der Waals surface area contributed by atoms with Crippen LogP contribution in [-0.2, 0) is 0 Å². The van der Waals surface area contributed by atoms with E-state index >= 15 is 0 Å². The van der Waals surface area contributed by atoms with Crippen LogP contribution in [0.2, 0.25) is 0 Å². The van der Waals surface area contributed by atoms with E-state index in [2.05, 4.69) is 31.9 Å². The lowest BCUT2D eigenvalue weighted by atomic mass is 10.3. The van der Waals surface area contributed by atoms with Crippen molar-refractivity contribution in [1.29, 1.82) is 0 Å². The van der Waals surface area contributed by atoms with Crippen LogP contribution >= 0.6 is 31.9 Å². The number of rotatable bonds is 0. The van der Waals surface area contributed by atoms with Crippen molar-refractivity contribution in [2.75, 3.05) is 11.5 Å². The van der Waals surface area contributed by atoms with Gasteiger partial charge >= 0.3 is 0 Å². The molecule has 4 heteroatoms. The second kappa shape index (κ2) is 6.55. The molecule has 2 aromatic rings. The van der Waals surface area contributed by atoms with E-state index in [1.807, 2.05) is 48.5 Å². The molecule has 0 aromatic heterocycles. The number of anilines is 2. The van der Waals surface area contributed by atoms with Gasteiger partial charge in [-0.3, -0.25) is 0 Å². The fourth-order valence-corrected chi connectivity index (χ4v) is 1.65. The zero-order valence-corrected chi connectivity index (χ0v) is 11.7. The normalized spacial score (nSPS) is 9.12. The maximum atomic E-state index is 5.43. The summed E-state index contributed by atoms with van der Waals surface area (Å²) in [4.78, 5) is 0. The summed E-state index contributed by atoms with van der Waals surface area (Å²) >= 11 is 6.57. The van der Waals surface area contributed by atoms with E-state index in [1.165, 1.54) is 0 Å². The fraction of sp³-hybridized carbons (Fsp3) is 0. The Kier molecular flexibility index (Phi) is 5.35. The van der Waals surface area contributed by atoms with Gasteiger partial charge in [-0.15, -0.1) is 0 Å². The SMILES string of the molecule is Nc1ccc(Br)cc1.Nc1cccc(Br)c1. The summed E-state index contributed by atoms with van der Waals surface area (Å²) in [5.74, 6) is 0. The summed E-state index contributed by atoms with van der Waals surface area (Å²) in [6.45, 7) is 0. The van der Waals surface area contributed by atoms with E-state index in [-0.39, 0.29) is 0 Å². The molecule has 16 heavy (non-hydrogen) atoms. The van der Waals surface area contributed by atoms with Gasteiger partial charge in [-0.2, -0.15) is 0 Å². The predicted molar refractivity (Wildman–Crippen MR) is 77.1 cm³/mol. The third-order valence-electron chi connectivity index (χ3n) is 1.72. The Morgan fingerprint density at radius 1 is 0.688 bits per heavy atom. The minimum absolute atomic E-state index is 0.791. The van der Waals surface area contributed by atoms with E-state index in [4.69, 9.17) is 11.5 Å². The molecule has 0 bridgehead atoms. The molecule has 0 aliphatic carbocycles. The maximum absolute atomic E-state index is 5.43. The molecule has 0 fully saturated rings. The van der Waals surface area contributed by atoms with Crippen LogP contribution in [0, 0.1) is 0 Å². The first-order valence-electron chi connectivity index (χ1n) is 4.60. The van der Waals surface area contributed by atoms with Gasteiger partial charge in [-0.05, 0) is 42.5 Å². The third-order valence-corrected chi connectivity index (χ3v) is 2.74. The number of halogens is 2. The quantitative estimate of drug-likeness (QED) is 0.708. The zero-order chi connectivity index (χ0) is 12.0. The highest BCUT2D eigenvalue weighted by molar-refractivity contribution is 9.10. The van der Waals surface area contributed by atoms with Gasteiger partial charge in [0.05, 0.1) is 0 Å². The second-order valence-electron chi connectivity index (χ2n) is 3.11. The van der Waals surface area contributed by atoms with Gasteiger partial charge < -0.3 is 11.5 Å². The van der Waals surface area contributed by atoms with Gasteiger partial charge in [-0.25, -0.2) is 0 Å². The van der Waals surface area contributed by atoms with E-state index < -0.39 is 0 Å². The first-order valence-corrected chi connectivity index (χ1v) is 6.18. The highest BCUT2D eigenvalue weighted by Gasteiger charge is 1.83. The summed E-state index contributed by atoms with van der Waals surface area (Å²) in [7, 11) is 0. The standard InChI is InChI=1S/2C6H6BrN/c7-5-1-3-6(8)4-2-5;7-5-2-1-3-6(8)4-5/h2*1-4H,8H2. The lowest BCUT2D eigenvalue weighted by Gasteiger charge is -1.89. The molecular weight excluding hydrogens is 332 g/mol. The summed E-state index contributed by atoms with van der Waals surface area (Å²) in [5.41, 5.74) is 12.4. The Balaban J connectivity index is 0.000000160. The molecule has 0 atom stereocenters. The van der Waals surface area contributed by atoms with E-state index in [9.17, 15) is 0 Å². The van der Waals surface area contributed by atoms with Gasteiger partial charge in [0, 0.05) is 20.3 Å². The van der Waals surface area contributed by atoms with Crippen LogP contribution < -0.4 is 11.5 Å². The molecule has 4 N–H and O–H groups in total. The van der Waals surface area contributed by atoms with Crippen LogP contribution in [0.1, 0.15) is 0 Å². The van der Waals surface area contributed by atoms with Crippen molar-refractivity contribution in [2.24, 2.45) is 0 Å². The number of nitrogens with two attached hydrogens (primary N) is 2. The smallest absolute Gasteiger partial charge is 0.0325 e. The van der Waals surface area contributed by atoms with Crippen LogP contribution in [0.25, 0.3) is 0 Å². The van der Waals surface area contributed by atoms with Crippen molar-refractivity contribution in [3.8, 4) is 0 Å². The predicted octanol–water partition coefficient (Wildman–Crippen LogP) is 4.06. The Labute approximate surface area is 112 Å².